The van der Waals surface area contributed by atoms with E-state index < -0.39 is 23.8 Å². The van der Waals surface area contributed by atoms with Crippen LogP contribution in [0.2, 0.25) is 0 Å². The van der Waals surface area contributed by atoms with Gasteiger partial charge in [-0.2, -0.15) is 0 Å². The van der Waals surface area contributed by atoms with Crippen molar-refractivity contribution in [2.75, 3.05) is 19.0 Å². The van der Waals surface area contributed by atoms with E-state index in [4.69, 9.17) is 13.9 Å². The minimum Gasteiger partial charge on any atom is -0.465 e. The van der Waals surface area contributed by atoms with E-state index in [9.17, 15) is 24.0 Å². The van der Waals surface area contributed by atoms with Gasteiger partial charge in [-0.3, -0.25) is 14.4 Å². The first-order valence-corrected chi connectivity index (χ1v) is 13.5. The molecule has 41 heavy (non-hydrogen) atoms. The summed E-state index contributed by atoms with van der Waals surface area (Å²) in [6.45, 7) is 3.61. The van der Waals surface area contributed by atoms with Gasteiger partial charge in [0, 0.05) is 17.4 Å². The molecular formula is C30H33N3O8. The number of nitrogens with one attached hydrogen (secondary N) is 2. The second-order valence-electron chi connectivity index (χ2n) is 9.72. The molecule has 11 heteroatoms. The van der Waals surface area contributed by atoms with Crippen LogP contribution in [0.4, 0.5) is 5.69 Å². The predicted octanol–water partition coefficient (Wildman–Crippen LogP) is 3.72. The molecule has 11 nitrogen and oxygen atoms in total. The summed E-state index contributed by atoms with van der Waals surface area (Å²) < 4.78 is 15.6. The zero-order valence-electron chi connectivity index (χ0n) is 23.3. The Kier molecular flexibility index (Phi) is 9.38. The average Bonchev–Trinajstić information content (AvgIpc) is 3.53. The lowest BCUT2D eigenvalue weighted by Gasteiger charge is -2.32. The van der Waals surface area contributed by atoms with Crippen LogP contribution in [0.25, 0.3) is 6.08 Å². The number of hydrogen-bond acceptors (Lipinski definition) is 8. The Labute approximate surface area is 237 Å². The van der Waals surface area contributed by atoms with Gasteiger partial charge >= 0.3 is 23.8 Å². The molecule has 0 atom stereocenters. The third kappa shape index (κ3) is 6.74. The van der Waals surface area contributed by atoms with E-state index in [1.165, 1.54) is 37.5 Å². The van der Waals surface area contributed by atoms with Gasteiger partial charge < -0.3 is 29.4 Å². The van der Waals surface area contributed by atoms with Crippen LogP contribution in [0.3, 0.4) is 0 Å². The van der Waals surface area contributed by atoms with E-state index in [2.05, 4.69) is 10.6 Å². The van der Waals surface area contributed by atoms with Crippen LogP contribution < -0.4 is 10.6 Å². The second-order valence-corrected chi connectivity index (χ2v) is 9.72. The van der Waals surface area contributed by atoms with Gasteiger partial charge in [-0.1, -0.05) is 19.3 Å². The Morgan fingerprint density at radius 2 is 1.71 bits per heavy atom. The molecule has 0 radical (unpaired) electrons. The van der Waals surface area contributed by atoms with Crippen LogP contribution in [-0.2, 0) is 35.2 Å². The van der Waals surface area contributed by atoms with Gasteiger partial charge in [-0.15, -0.1) is 0 Å². The fourth-order valence-electron chi connectivity index (χ4n) is 5.03. The molecular weight excluding hydrogens is 530 g/mol. The van der Waals surface area contributed by atoms with Crippen LogP contribution in [0.15, 0.2) is 57.7 Å². The molecule has 2 N–H and O–H groups in total. The predicted molar refractivity (Wildman–Crippen MR) is 148 cm³/mol. The summed E-state index contributed by atoms with van der Waals surface area (Å²) in [5, 5.41) is 4.93. The topological polar surface area (TPSA) is 144 Å². The lowest BCUT2D eigenvalue weighted by molar-refractivity contribution is -0.136. The number of nitrogens with zero attached hydrogens (tertiary/aromatic N) is 1. The highest BCUT2D eigenvalue weighted by atomic mass is 16.5. The van der Waals surface area contributed by atoms with Crippen molar-refractivity contribution < 1.29 is 37.9 Å². The Hall–Kier alpha value is -4.67. The Morgan fingerprint density at radius 1 is 1.00 bits per heavy atom. The molecule has 216 valence electrons. The summed E-state index contributed by atoms with van der Waals surface area (Å²) in [4.78, 5) is 64.1. The monoisotopic (exact) mass is 563 g/mol. The number of anilines is 1. The molecule has 0 bridgehead atoms. The normalized spacial score (nSPS) is 16.6. The summed E-state index contributed by atoms with van der Waals surface area (Å²) in [7, 11) is 1.27. The van der Waals surface area contributed by atoms with Crippen molar-refractivity contribution in [1.29, 1.82) is 0 Å². The van der Waals surface area contributed by atoms with Gasteiger partial charge in [0.2, 0.25) is 0 Å². The van der Waals surface area contributed by atoms with Gasteiger partial charge in [0.1, 0.15) is 11.5 Å². The Morgan fingerprint density at radius 3 is 2.37 bits per heavy atom. The van der Waals surface area contributed by atoms with Crippen LogP contribution in [-0.4, -0.2) is 54.3 Å². The molecule has 1 saturated carbocycles. The van der Waals surface area contributed by atoms with Crippen LogP contribution in [0.1, 0.15) is 67.8 Å². The number of carbonyl (C=O) groups excluding carboxylic acids is 5. The molecule has 2 aliphatic rings. The highest BCUT2D eigenvalue weighted by Gasteiger charge is 2.40. The number of esters is 2. The van der Waals surface area contributed by atoms with Crippen molar-refractivity contribution in [2.24, 2.45) is 0 Å². The van der Waals surface area contributed by atoms with Gasteiger partial charge in [-0.25, -0.2) is 9.59 Å². The fraction of sp³-hybridized carbons (Fsp3) is 0.367. The second kappa shape index (κ2) is 13.1. The van der Waals surface area contributed by atoms with E-state index in [1.54, 1.807) is 30.9 Å². The van der Waals surface area contributed by atoms with Gasteiger partial charge in [0.25, 0.3) is 5.91 Å². The van der Waals surface area contributed by atoms with E-state index in [-0.39, 0.29) is 36.2 Å². The number of furan rings is 1. The number of carbonyl (C=O) groups is 5. The Bertz CT molecular complexity index is 1400. The van der Waals surface area contributed by atoms with E-state index in [0.717, 1.165) is 32.1 Å². The number of allylic oxidation sites excluding steroid dienone is 1. The Balaban J connectivity index is 1.39. The van der Waals surface area contributed by atoms with Crippen molar-refractivity contribution in [3.05, 3.63) is 70.3 Å². The largest absolute Gasteiger partial charge is 0.465 e. The highest BCUT2D eigenvalue weighted by molar-refractivity contribution is 6.39. The van der Waals surface area contributed by atoms with E-state index >= 15 is 0 Å². The van der Waals surface area contributed by atoms with Crippen molar-refractivity contribution >= 4 is 41.4 Å². The van der Waals surface area contributed by atoms with Crippen molar-refractivity contribution in [1.82, 2.24) is 10.2 Å². The summed E-state index contributed by atoms with van der Waals surface area (Å²) in [5.74, 6) is -2.49. The smallest absolute Gasteiger partial charge is 0.340 e. The van der Waals surface area contributed by atoms with Crippen molar-refractivity contribution in [3.63, 3.8) is 0 Å². The van der Waals surface area contributed by atoms with Crippen LogP contribution in [0, 0.1) is 0 Å². The number of methoxy groups -OCH3 is 1. The molecule has 2 heterocycles. The molecule has 1 aliphatic heterocycles. The maximum Gasteiger partial charge on any atom is 0.340 e. The molecule has 3 amide bonds. The fourth-order valence-corrected chi connectivity index (χ4v) is 5.03. The number of amides is 3. The van der Waals surface area contributed by atoms with E-state index in [0.29, 0.717) is 28.5 Å². The first-order chi connectivity index (χ1) is 19.7. The third-order valence-electron chi connectivity index (χ3n) is 7.02. The van der Waals surface area contributed by atoms with Crippen LogP contribution >= 0.6 is 0 Å². The standard InChI is InChI=1S/C30H33N3O8/c1-4-40-29(37)19-10-12-20(13-11-19)32-27(35)26(34)31-17-23-15-14-22(41-23)16-24-25(30(38)39-3)18(2)33(28(24)36)21-8-6-5-7-9-21/h10-16,21H,4-9,17H2,1-3H3,(H,31,34)(H,32,35)/b24-16+. The zero-order chi connectivity index (χ0) is 29.5. The molecule has 0 unspecified atom stereocenters. The zero-order valence-corrected chi connectivity index (χ0v) is 23.3. The van der Waals surface area contributed by atoms with Crippen molar-refractivity contribution in [2.45, 2.75) is 58.5 Å². The number of benzene rings is 1. The first-order valence-electron chi connectivity index (χ1n) is 13.5. The number of hydrogen-bond donors (Lipinski definition) is 2. The molecule has 0 spiro atoms. The maximum absolute atomic E-state index is 13.4. The molecule has 1 fully saturated rings. The third-order valence-corrected chi connectivity index (χ3v) is 7.02. The lowest BCUT2D eigenvalue weighted by atomic mass is 9.94. The minimum atomic E-state index is -0.898. The minimum absolute atomic E-state index is 0.0332. The summed E-state index contributed by atoms with van der Waals surface area (Å²) in [6, 6.07) is 9.19. The first kappa shape index (κ1) is 29.3. The SMILES string of the molecule is CCOC(=O)c1ccc(NC(=O)C(=O)NCc2ccc(/C=C3/C(=O)N(C4CCCCC4)C(C)=C3C(=O)OC)o2)cc1. The van der Waals surface area contributed by atoms with E-state index in [1.807, 2.05) is 0 Å². The molecule has 0 saturated heterocycles. The highest BCUT2D eigenvalue weighted by Crippen LogP contribution is 2.37. The van der Waals surface area contributed by atoms with Crippen molar-refractivity contribution in [3.8, 4) is 0 Å². The molecule has 1 aromatic heterocycles. The van der Waals surface area contributed by atoms with Gasteiger partial charge in [0.05, 0.1) is 37.0 Å². The summed E-state index contributed by atoms with van der Waals surface area (Å²) in [5.41, 5.74) is 1.63. The molecule has 2 aromatic rings. The summed E-state index contributed by atoms with van der Waals surface area (Å²) in [6.07, 6.45) is 6.44. The molecule has 1 aliphatic carbocycles. The van der Waals surface area contributed by atoms with Gasteiger partial charge in [0.15, 0.2) is 0 Å². The maximum atomic E-state index is 13.4. The average molecular weight is 564 g/mol. The lowest BCUT2D eigenvalue weighted by Crippen LogP contribution is -2.37. The van der Waals surface area contributed by atoms with Crippen LogP contribution in [0.5, 0.6) is 0 Å². The molecule has 4 rings (SSSR count). The molecule has 1 aromatic carbocycles. The quantitative estimate of drug-likeness (QED) is 0.281. The number of ether oxygens (including phenoxy) is 2. The van der Waals surface area contributed by atoms with Gasteiger partial charge in [-0.05, 0) is 69.2 Å². The summed E-state index contributed by atoms with van der Waals surface area (Å²) >= 11 is 0. The number of rotatable bonds is 8.